The lowest BCUT2D eigenvalue weighted by molar-refractivity contribution is 0.269. The number of aromatic nitrogens is 4. The second kappa shape index (κ2) is 6.71. The van der Waals surface area contributed by atoms with Gasteiger partial charge in [-0.25, -0.2) is 9.97 Å². The molecular weight excluding hydrogens is 358 g/mol. The zero-order chi connectivity index (χ0) is 19.2. The summed E-state index contributed by atoms with van der Waals surface area (Å²) in [5.41, 5.74) is 8.80. The van der Waals surface area contributed by atoms with Crippen LogP contribution in [-0.2, 0) is 25.9 Å². The van der Waals surface area contributed by atoms with Crippen LogP contribution < -0.4 is 0 Å². The van der Waals surface area contributed by atoms with E-state index in [0.717, 1.165) is 44.5 Å². The molecule has 0 unspecified atom stereocenters. The summed E-state index contributed by atoms with van der Waals surface area (Å²) in [6, 6.07) is 13.5. The molecule has 0 atom stereocenters. The Balaban J connectivity index is 1.28. The van der Waals surface area contributed by atoms with Gasteiger partial charge in [-0.3, -0.25) is 4.90 Å². The van der Waals surface area contributed by atoms with Crippen LogP contribution in [0.1, 0.15) is 22.6 Å². The first-order chi connectivity index (χ1) is 14.3. The van der Waals surface area contributed by atoms with E-state index in [1.165, 1.54) is 39.3 Å². The zero-order valence-electron chi connectivity index (χ0n) is 16.3. The Morgan fingerprint density at radius 2 is 1.93 bits per heavy atom. The summed E-state index contributed by atoms with van der Waals surface area (Å²) >= 11 is 0. The molecule has 29 heavy (non-hydrogen) atoms. The minimum absolute atomic E-state index is 0.916. The maximum Gasteiger partial charge on any atom is 0.111 e. The first-order valence-electron chi connectivity index (χ1n) is 10.3. The molecule has 4 aromatic rings. The van der Waals surface area contributed by atoms with E-state index in [1.807, 2.05) is 6.20 Å². The van der Waals surface area contributed by atoms with Crippen LogP contribution in [0.5, 0.6) is 0 Å². The zero-order valence-corrected chi connectivity index (χ0v) is 16.3. The third-order valence-electron chi connectivity index (χ3n) is 6.18. The van der Waals surface area contributed by atoms with Gasteiger partial charge in [0.15, 0.2) is 0 Å². The largest absolute Gasteiger partial charge is 0.347 e. The van der Waals surface area contributed by atoms with Gasteiger partial charge in [-0.1, -0.05) is 30.4 Å². The summed E-state index contributed by atoms with van der Waals surface area (Å²) in [4.78, 5) is 14.8. The van der Waals surface area contributed by atoms with E-state index < -0.39 is 0 Å². The third kappa shape index (κ3) is 2.98. The van der Waals surface area contributed by atoms with Gasteiger partial charge in [-0.05, 0) is 46.9 Å². The highest BCUT2D eigenvalue weighted by Crippen LogP contribution is 2.29. The Bertz CT molecular complexity index is 1220. The second-order valence-electron chi connectivity index (χ2n) is 8.01. The molecule has 1 aliphatic carbocycles. The number of H-pyrrole nitrogens is 1. The average molecular weight is 381 g/mol. The van der Waals surface area contributed by atoms with Crippen LogP contribution in [0, 0.1) is 0 Å². The monoisotopic (exact) mass is 381 g/mol. The summed E-state index contributed by atoms with van der Waals surface area (Å²) in [6.07, 6.45) is 10.2. The Labute approximate surface area is 169 Å². The molecule has 2 aromatic carbocycles. The van der Waals surface area contributed by atoms with E-state index in [2.05, 4.69) is 68.0 Å². The summed E-state index contributed by atoms with van der Waals surface area (Å²) in [7, 11) is 0. The molecule has 0 amide bonds. The lowest BCUT2D eigenvalue weighted by atomic mass is 10.00. The number of fused-ring (bicyclic) bond motifs is 4. The summed E-state index contributed by atoms with van der Waals surface area (Å²) in [6.45, 7) is 3.94. The number of allylic oxidation sites excluding steroid dienone is 1. The molecule has 5 heteroatoms. The van der Waals surface area contributed by atoms with E-state index in [4.69, 9.17) is 4.98 Å². The van der Waals surface area contributed by atoms with Gasteiger partial charge in [0.25, 0.3) is 0 Å². The molecule has 0 fully saturated rings. The molecule has 0 saturated carbocycles. The van der Waals surface area contributed by atoms with Crippen LogP contribution in [0.25, 0.3) is 28.2 Å². The van der Waals surface area contributed by atoms with Crippen molar-refractivity contribution in [2.24, 2.45) is 0 Å². The smallest absolute Gasteiger partial charge is 0.111 e. The van der Waals surface area contributed by atoms with Crippen molar-refractivity contribution in [3.63, 3.8) is 0 Å². The summed E-state index contributed by atoms with van der Waals surface area (Å²) in [5.74, 6) is 1.20. The summed E-state index contributed by atoms with van der Waals surface area (Å²) < 4.78 is 2.40. The fourth-order valence-corrected chi connectivity index (χ4v) is 4.61. The highest BCUT2D eigenvalue weighted by Gasteiger charge is 2.18. The molecule has 6 rings (SSSR count). The van der Waals surface area contributed by atoms with Gasteiger partial charge >= 0.3 is 0 Å². The highest BCUT2D eigenvalue weighted by atomic mass is 15.2. The molecule has 5 nitrogen and oxygen atoms in total. The quantitative estimate of drug-likeness (QED) is 0.582. The van der Waals surface area contributed by atoms with Gasteiger partial charge in [-0.2, -0.15) is 0 Å². The van der Waals surface area contributed by atoms with Crippen LogP contribution >= 0.6 is 0 Å². The van der Waals surface area contributed by atoms with Crippen molar-refractivity contribution in [2.45, 2.75) is 25.9 Å². The van der Waals surface area contributed by atoms with Gasteiger partial charge in [0, 0.05) is 44.5 Å². The van der Waals surface area contributed by atoms with Gasteiger partial charge in [0.05, 0.1) is 17.4 Å². The predicted octanol–water partition coefficient (Wildman–Crippen LogP) is 4.05. The van der Waals surface area contributed by atoms with Gasteiger partial charge < -0.3 is 9.55 Å². The standard InChI is InChI=1S/C24H23N5/c1-2-17-4-5-19(12-18(17)3-1)20-6-7-23-22(13-20)27-24-8-9-28(10-11-29(23)24)15-21-14-25-16-26-21/h1,3-7,12-14,16H,2,8-11,15H2,(H,25,26). The normalized spacial score (nSPS) is 16.1. The molecule has 1 N–H and O–H groups in total. The van der Waals surface area contributed by atoms with Crippen LogP contribution in [0.4, 0.5) is 0 Å². The first-order valence-corrected chi connectivity index (χ1v) is 10.3. The number of nitrogens with one attached hydrogen (secondary N) is 1. The van der Waals surface area contributed by atoms with Gasteiger partial charge in [0.2, 0.25) is 0 Å². The van der Waals surface area contributed by atoms with Crippen molar-refractivity contribution in [2.75, 3.05) is 13.1 Å². The molecule has 1 aliphatic heterocycles. The van der Waals surface area contributed by atoms with Crippen molar-refractivity contribution < 1.29 is 0 Å². The van der Waals surface area contributed by atoms with E-state index in [1.54, 1.807) is 6.33 Å². The van der Waals surface area contributed by atoms with E-state index >= 15 is 0 Å². The van der Waals surface area contributed by atoms with E-state index in [9.17, 15) is 0 Å². The van der Waals surface area contributed by atoms with Crippen LogP contribution in [0.3, 0.4) is 0 Å². The fourth-order valence-electron chi connectivity index (χ4n) is 4.61. The van der Waals surface area contributed by atoms with Crippen molar-refractivity contribution in [3.05, 3.63) is 77.6 Å². The molecule has 2 aromatic heterocycles. The van der Waals surface area contributed by atoms with Crippen LogP contribution in [-0.4, -0.2) is 37.5 Å². The summed E-state index contributed by atoms with van der Waals surface area (Å²) in [5, 5.41) is 0. The number of hydrogen-bond acceptors (Lipinski definition) is 3. The van der Waals surface area contributed by atoms with E-state index in [0.29, 0.717) is 0 Å². The molecule has 2 aliphatic rings. The molecule has 0 saturated heterocycles. The maximum absolute atomic E-state index is 5.01. The van der Waals surface area contributed by atoms with Crippen molar-refractivity contribution in [1.82, 2.24) is 24.4 Å². The van der Waals surface area contributed by atoms with Crippen LogP contribution in [0.2, 0.25) is 0 Å². The number of hydrogen-bond donors (Lipinski definition) is 1. The Morgan fingerprint density at radius 3 is 2.86 bits per heavy atom. The highest BCUT2D eigenvalue weighted by molar-refractivity contribution is 5.83. The van der Waals surface area contributed by atoms with E-state index in [-0.39, 0.29) is 0 Å². The topological polar surface area (TPSA) is 49.7 Å². The third-order valence-corrected chi connectivity index (χ3v) is 6.18. The van der Waals surface area contributed by atoms with Crippen molar-refractivity contribution in [3.8, 4) is 11.1 Å². The molecule has 144 valence electrons. The van der Waals surface area contributed by atoms with Crippen molar-refractivity contribution >= 4 is 17.1 Å². The van der Waals surface area contributed by atoms with Crippen LogP contribution in [0.15, 0.2) is 55.0 Å². The molecule has 0 bridgehead atoms. The SMILES string of the molecule is C1=Cc2cc(-c3ccc4c(c3)nc3n4CCN(Cc4cnc[nH]4)CC3)ccc2C1. The minimum Gasteiger partial charge on any atom is -0.347 e. The molecule has 0 spiro atoms. The minimum atomic E-state index is 0.916. The number of rotatable bonds is 3. The lowest BCUT2D eigenvalue weighted by Gasteiger charge is -2.18. The van der Waals surface area contributed by atoms with Gasteiger partial charge in [-0.15, -0.1) is 0 Å². The number of aromatic amines is 1. The Morgan fingerprint density at radius 1 is 1.00 bits per heavy atom. The first kappa shape index (κ1) is 16.7. The van der Waals surface area contributed by atoms with Crippen molar-refractivity contribution in [1.29, 1.82) is 0 Å². The Hall–Kier alpha value is -3.18. The lowest BCUT2D eigenvalue weighted by Crippen LogP contribution is -2.26. The Kier molecular flexibility index (Phi) is 3.87. The molecule has 3 heterocycles. The molecular formula is C24H23N5. The van der Waals surface area contributed by atoms with Gasteiger partial charge in [0.1, 0.15) is 5.82 Å². The number of nitrogens with zero attached hydrogens (tertiary/aromatic N) is 4. The average Bonchev–Trinajstić information content (AvgIpc) is 3.46. The number of imidazole rings is 2. The predicted molar refractivity (Wildman–Crippen MR) is 115 cm³/mol. The molecule has 0 radical (unpaired) electrons. The maximum atomic E-state index is 5.01. The second-order valence-corrected chi connectivity index (χ2v) is 8.01. The fraction of sp³-hybridized carbons (Fsp3) is 0.250. The number of benzene rings is 2.